The molecule has 0 aliphatic carbocycles. The van der Waals surface area contributed by atoms with Crippen LogP contribution in [-0.4, -0.2) is 10.7 Å². The molecule has 4 nitrogen and oxygen atoms in total. The van der Waals surface area contributed by atoms with Gasteiger partial charge in [-0.25, -0.2) is 0 Å². The van der Waals surface area contributed by atoms with Gasteiger partial charge in [0.15, 0.2) is 5.76 Å². The Morgan fingerprint density at radius 1 is 1.30 bits per heavy atom. The van der Waals surface area contributed by atoms with Crippen molar-refractivity contribution >= 4 is 15.9 Å². The molecule has 0 unspecified atom stereocenters. The van der Waals surface area contributed by atoms with E-state index in [0.29, 0.717) is 12.4 Å². The van der Waals surface area contributed by atoms with Gasteiger partial charge in [-0.2, -0.15) is 0 Å². The lowest BCUT2D eigenvalue weighted by atomic mass is 10.1. The molecule has 0 spiro atoms. The van der Waals surface area contributed by atoms with Gasteiger partial charge in [0.2, 0.25) is 0 Å². The molecule has 5 heteroatoms. The summed E-state index contributed by atoms with van der Waals surface area (Å²) in [7, 11) is 0. The van der Waals surface area contributed by atoms with E-state index >= 15 is 0 Å². The molecule has 0 amide bonds. The van der Waals surface area contributed by atoms with Crippen LogP contribution in [0.15, 0.2) is 39.5 Å². The summed E-state index contributed by atoms with van der Waals surface area (Å²) in [5.41, 5.74) is 1.31. The van der Waals surface area contributed by atoms with Crippen molar-refractivity contribution in [3.05, 3.63) is 46.3 Å². The minimum absolute atomic E-state index is 0.105. The first-order valence-corrected chi connectivity index (χ1v) is 7.29. The molecule has 0 aliphatic heterocycles. The summed E-state index contributed by atoms with van der Waals surface area (Å²) in [6.45, 7) is 7.65. The van der Waals surface area contributed by atoms with Crippen molar-refractivity contribution in [2.45, 2.75) is 39.5 Å². The van der Waals surface area contributed by atoms with Gasteiger partial charge in [0.25, 0.3) is 0 Å². The standard InChI is InChI=1S/C15H19BrN2O2/c1-15(2,3)17-9-11-4-5-14(13(16)8-11)19-10-12-6-7-18-20-12/h4-8,17H,9-10H2,1-3H3. The number of aromatic nitrogens is 1. The first kappa shape index (κ1) is 15.1. The number of ether oxygens (including phenoxy) is 1. The van der Waals surface area contributed by atoms with Crippen molar-refractivity contribution in [3.63, 3.8) is 0 Å². The molecule has 0 atom stereocenters. The van der Waals surface area contributed by atoms with Crippen molar-refractivity contribution in [2.24, 2.45) is 0 Å². The summed E-state index contributed by atoms with van der Waals surface area (Å²) >= 11 is 3.53. The second-order valence-corrected chi connectivity index (χ2v) is 6.49. The van der Waals surface area contributed by atoms with Crippen LogP contribution >= 0.6 is 15.9 Å². The van der Waals surface area contributed by atoms with Gasteiger partial charge in [-0.3, -0.25) is 0 Å². The molecule has 108 valence electrons. The molecule has 2 aromatic rings. The summed E-state index contributed by atoms with van der Waals surface area (Å²) in [4.78, 5) is 0. The predicted molar refractivity (Wildman–Crippen MR) is 81.6 cm³/mol. The summed E-state index contributed by atoms with van der Waals surface area (Å²) in [6, 6.07) is 7.86. The highest BCUT2D eigenvalue weighted by molar-refractivity contribution is 9.10. The number of nitrogens with one attached hydrogen (secondary N) is 1. The monoisotopic (exact) mass is 338 g/mol. The average Bonchev–Trinajstić information content (AvgIpc) is 2.87. The molecule has 0 bridgehead atoms. The molecule has 1 aromatic carbocycles. The largest absolute Gasteiger partial charge is 0.484 e. The molecule has 1 heterocycles. The zero-order chi connectivity index (χ0) is 14.6. The highest BCUT2D eigenvalue weighted by atomic mass is 79.9. The SMILES string of the molecule is CC(C)(C)NCc1ccc(OCc2ccno2)c(Br)c1. The van der Waals surface area contributed by atoms with Gasteiger partial charge in [-0.15, -0.1) is 0 Å². The smallest absolute Gasteiger partial charge is 0.174 e. The van der Waals surface area contributed by atoms with Crippen molar-refractivity contribution in [1.29, 1.82) is 0 Å². The second-order valence-electron chi connectivity index (χ2n) is 5.64. The van der Waals surface area contributed by atoms with Crippen molar-refractivity contribution in [1.82, 2.24) is 10.5 Å². The lowest BCUT2D eigenvalue weighted by molar-refractivity contribution is 0.248. The van der Waals surface area contributed by atoms with Crippen LogP contribution < -0.4 is 10.1 Å². The Bertz CT molecular complexity index is 547. The third-order valence-corrected chi connectivity index (χ3v) is 3.30. The highest BCUT2D eigenvalue weighted by Gasteiger charge is 2.10. The molecule has 2 rings (SSSR count). The first-order valence-electron chi connectivity index (χ1n) is 6.50. The fraction of sp³-hybridized carbons (Fsp3) is 0.400. The van der Waals surface area contributed by atoms with Gasteiger partial charge in [-0.1, -0.05) is 11.2 Å². The number of hydrogen-bond donors (Lipinski definition) is 1. The Morgan fingerprint density at radius 2 is 2.10 bits per heavy atom. The lowest BCUT2D eigenvalue weighted by Crippen LogP contribution is -2.35. The third-order valence-electron chi connectivity index (χ3n) is 2.68. The van der Waals surface area contributed by atoms with Crippen LogP contribution in [0.2, 0.25) is 0 Å². The first-order chi connectivity index (χ1) is 9.44. The van der Waals surface area contributed by atoms with Gasteiger partial charge >= 0.3 is 0 Å². The van der Waals surface area contributed by atoms with Gasteiger partial charge < -0.3 is 14.6 Å². The molecule has 0 radical (unpaired) electrons. The Morgan fingerprint density at radius 3 is 2.70 bits per heavy atom. The van der Waals surface area contributed by atoms with Gasteiger partial charge in [0.1, 0.15) is 12.4 Å². The van der Waals surface area contributed by atoms with Crippen molar-refractivity contribution in [3.8, 4) is 5.75 Å². The van der Waals surface area contributed by atoms with E-state index in [1.807, 2.05) is 6.07 Å². The van der Waals surface area contributed by atoms with Crippen LogP contribution in [0.3, 0.4) is 0 Å². The van der Waals surface area contributed by atoms with Crippen LogP contribution in [0.4, 0.5) is 0 Å². The third kappa shape index (κ3) is 4.65. The van der Waals surface area contributed by atoms with E-state index < -0.39 is 0 Å². The fourth-order valence-corrected chi connectivity index (χ4v) is 2.14. The Labute approximate surface area is 127 Å². The average molecular weight is 339 g/mol. The fourth-order valence-electron chi connectivity index (χ4n) is 1.60. The van der Waals surface area contributed by atoms with E-state index in [1.54, 1.807) is 12.3 Å². The summed E-state index contributed by atoms with van der Waals surface area (Å²) in [5, 5.41) is 7.10. The molecule has 0 saturated heterocycles. The molecule has 0 aliphatic rings. The normalized spacial score (nSPS) is 11.6. The zero-order valence-corrected chi connectivity index (χ0v) is 13.5. The molecule has 0 fully saturated rings. The Balaban J connectivity index is 1.95. The van der Waals surface area contributed by atoms with Gasteiger partial charge in [-0.05, 0) is 54.4 Å². The molecular weight excluding hydrogens is 320 g/mol. The molecule has 1 aromatic heterocycles. The van der Waals surface area contributed by atoms with Crippen LogP contribution in [0.5, 0.6) is 5.75 Å². The quantitative estimate of drug-likeness (QED) is 0.897. The van der Waals surface area contributed by atoms with E-state index in [1.165, 1.54) is 5.56 Å². The zero-order valence-electron chi connectivity index (χ0n) is 11.9. The predicted octanol–water partition coefficient (Wildman–Crippen LogP) is 3.90. The molecule has 0 saturated carbocycles. The number of benzene rings is 1. The Kier molecular flexibility index (Phi) is 4.83. The van der Waals surface area contributed by atoms with Crippen LogP contribution in [0.1, 0.15) is 32.1 Å². The number of halogens is 1. The molecule has 20 heavy (non-hydrogen) atoms. The number of hydrogen-bond acceptors (Lipinski definition) is 4. The van der Waals surface area contributed by atoms with E-state index in [2.05, 4.69) is 59.3 Å². The number of rotatable bonds is 5. The second kappa shape index (κ2) is 6.41. The van der Waals surface area contributed by atoms with Crippen LogP contribution in [0.25, 0.3) is 0 Å². The summed E-state index contributed by atoms with van der Waals surface area (Å²) in [5.74, 6) is 1.50. The van der Waals surface area contributed by atoms with Gasteiger partial charge in [0.05, 0.1) is 10.7 Å². The lowest BCUT2D eigenvalue weighted by Gasteiger charge is -2.20. The maximum Gasteiger partial charge on any atom is 0.174 e. The maximum atomic E-state index is 5.68. The van der Waals surface area contributed by atoms with Crippen molar-refractivity contribution < 1.29 is 9.26 Å². The summed E-state index contributed by atoms with van der Waals surface area (Å²) < 4.78 is 11.6. The van der Waals surface area contributed by atoms with Crippen LogP contribution in [-0.2, 0) is 13.2 Å². The van der Waals surface area contributed by atoms with Crippen molar-refractivity contribution in [2.75, 3.05) is 0 Å². The highest BCUT2D eigenvalue weighted by Crippen LogP contribution is 2.27. The van der Waals surface area contributed by atoms with E-state index in [4.69, 9.17) is 9.26 Å². The number of nitrogens with zero attached hydrogens (tertiary/aromatic N) is 1. The van der Waals surface area contributed by atoms with E-state index in [0.717, 1.165) is 16.8 Å². The van der Waals surface area contributed by atoms with Crippen LogP contribution in [0, 0.1) is 0 Å². The van der Waals surface area contributed by atoms with E-state index in [9.17, 15) is 0 Å². The minimum atomic E-state index is 0.105. The molecular formula is C15H19BrN2O2. The summed E-state index contributed by atoms with van der Waals surface area (Å²) in [6.07, 6.45) is 1.61. The Hall–Kier alpha value is -1.33. The van der Waals surface area contributed by atoms with E-state index in [-0.39, 0.29) is 5.54 Å². The molecule has 1 N–H and O–H groups in total. The topological polar surface area (TPSA) is 47.3 Å². The minimum Gasteiger partial charge on any atom is -0.484 e. The van der Waals surface area contributed by atoms with Gasteiger partial charge in [0, 0.05) is 18.2 Å². The maximum absolute atomic E-state index is 5.68.